The Morgan fingerprint density at radius 2 is 2.14 bits per heavy atom. The molecule has 4 heterocycles. The van der Waals surface area contributed by atoms with Crippen LogP contribution in [0.5, 0.6) is 0 Å². The van der Waals surface area contributed by atoms with Gasteiger partial charge in [-0.05, 0) is 52.7 Å². The van der Waals surface area contributed by atoms with E-state index in [0.29, 0.717) is 25.3 Å². The quantitative estimate of drug-likeness (QED) is 0.833. The van der Waals surface area contributed by atoms with Crippen LogP contribution in [0.2, 0.25) is 0 Å². The van der Waals surface area contributed by atoms with Crippen LogP contribution in [0.4, 0.5) is 4.79 Å². The first kappa shape index (κ1) is 19.2. The standard InChI is InChI=1S/C21H30N4O3/c1-13-6-5-7-16(23-13)18(26)22-10-14-15-11-25(19(27)24-20(2,3)4)12-21(15)9-8-17(14)28-21/h5-7,14-15,17H,8-12H2,1-4H3,(H,22,26)(H,24,27)/t14-,15+,17+,21+/m0/s1. The highest BCUT2D eigenvalue weighted by atomic mass is 16.5. The summed E-state index contributed by atoms with van der Waals surface area (Å²) in [5.74, 6) is 0.346. The Balaban J connectivity index is 1.41. The molecule has 3 aliphatic heterocycles. The van der Waals surface area contributed by atoms with Crippen molar-refractivity contribution in [1.29, 1.82) is 0 Å². The second kappa shape index (κ2) is 6.72. The summed E-state index contributed by atoms with van der Waals surface area (Å²) in [6.45, 7) is 9.71. The molecule has 0 aliphatic carbocycles. The SMILES string of the molecule is Cc1cccc(C(=O)NC[C@H]2[C@H]3CN(C(=O)NC(C)(C)C)C[C@]34CC[C@H]2O4)n1. The number of amides is 3. The number of nitrogens with zero attached hydrogens (tertiary/aromatic N) is 2. The molecule has 4 rings (SSSR count). The topological polar surface area (TPSA) is 83.6 Å². The van der Waals surface area contributed by atoms with Crippen molar-refractivity contribution in [2.24, 2.45) is 11.8 Å². The van der Waals surface area contributed by atoms with Crippen LogP contribution in [0.1, 0.15) is 49.8 Å². The van der Waals surface area contributed by atoms with E-state index >= 15 is 0 Å². The lowest BCUT2D eigenvalue weighted by Crippen LogP contribution is -2.48. The lowest BCUT2D eigenvalue weighted by atomic mass is 9.73. The van der Waals surface area contributed by atoms with Crippen LogP contribution in [-0.2, 0) is 4.74 Å². The predicted molar refractivity (Wildman–Crippen MR) is 105 cm³/mol. The molecule has 152 valence electrons. The summed E-state index contributed by atoms with van der Waals surface area (Å²) in [7, 11) is 0. The smallest absolute Gasteiger partial charge is 0.317 e. The number of aryl methyl sites for hydroxylation is 1. The van der Waals surface area contributed by atoms with Crippen molar-refractivity contribution in [3.8, 4) is 0 Å². The van der Waals surface area contributed by atoms with Gasteiger partial charge in [-0.15, -0.1) is 0 Å². The number of pyridine rings is 1. The predicted octanol–water partition coefficient (Wildman–Crippen LogP) is 2.11. The molecule has 0 aromatic carbocycles. The molecule has 3 fully saturated rings. The molecule has 7 heteroatoms. The molecule has 2 N–H and O–H groups in total. The van der Waals surface area contributed by atoms with E-state index in [0.717, 1.165) is 18.5 Å². The van der Waals surface area contributed by atoms with E-state index in [2.05, 4.69) is 15.6 Å². The Morgan fingerprint density at radius 3 is 2.86 bits per heavy atom. The van der Waals surface area contributed by atoms with Gasteiger partial charge in [-0.3, -0.25) is 4.79 Å². The molecule has 1 spiro atoms. The minimum Gasteiger partial charge on any atom is -0.369 e. The van der Waals surface area contributed by atoms with Crippen LogP contribution in [0.3, 0.4) is 0 Å². The monoisotopic (exact) mass is 386 g/mol. The zero-order chi connectivity index (χ0) is 20.1. The molecule has 3 amide bonds. The maximum atomic E-state index is 12.6. The van der Waals surface area contributed by atoms with Crippen molar-refractivity contribution in [3.63, 3.8) is 0 Å². The number of aromatic nitrogens is 1. The molecule has 7 nitrogen and oxygen atoms in total. The Kier molecular flexibility index (Phi) is 4.61. The summed E-state index contributed by atoms with van der Waals surface area (Å²) in [6, 6.07) is 5.42. The van der Waals surface area contributed by atoms with Crippen LogP contribution in [0.15, 0.2) is 18.2 Å². The maximum absolute atomic E-state index is 12.6. The van der Waals surface area contributed by atoms with Gasteiger partial charge in [0.2, 0.25) is 0 Å². The second-order valence-electron chi connectivity index (χ2n) is 9.47. The first-order valence-electron chi connectivity index (χ1n) is 10.1. The molecule has 1 aromatic rings. The van der Waals surface area contributed by atoms with Crippen molar-refractivity contribution in [3.05, 3.63) is 29.6 Å². The van der Waals surface area contributed by atoms with Crippen molar-refractivity contribution in [1.82, 2.24) is 20.5 Å². The van der Waals surface area contributed by atoms with E-state index in [4.69, 9.17) is 4.74 Å². The van der Waals surface area contributed by atoms with Gasteiger partial charge in [-0.1, -0.05) is 6.07 Å². The van der Waals surface area contributed by atoms with Crippen LogP contribution < -0.4 is 10.6 Å². The summed E-state index contributed by atoms with van der Waals surface area (Å²) < 4.78 is 6.38. The van der Waals surface area contributed by atoms with Gasteiger partial charge in [0.25, 0.3) is 5.91 Å². The molecule has 0 unspecified atom stereocenters. The van der Waals surface area contributed by atoms with Gasteiger partial charge in [0.15, 0.2) is 0 Å². The molecule has 4 atom stereocenters. The molecular weight excluding hydrogens is 356 g/mol. The highest BCUT2D eigenvalue weighted by Gasteiger charge is 2.63. The van der Waals surface area contributed by atoms with Crippen molar-refractivity contribution >= 4 is 11.9 Å². The minimum absolute atomic E-state index is 0.0323. The number of likely N-dealkylation sites (tertiary alicyclic amines) is 1. The summed E-state index contributed by atoms with van der Waals surface area (Å²) in [5.41, 5.74) is 0.763. The van der Waals surface area contributed by atoms with Crippen molar-refractivity contribution < 1.29 is 14.3 Å². The molecule has 3 aliphatic rings. The summed E-state index contributed by atoms with van der Waals surface area (Å²) in [4.78, 5) is 31.3. The number of rotatable bonds is 3. The highest BCUT2D eigenvalue weighted by molar-refractivity contribution is 5.92. The van der Waals surface area contributed by atoms with Gasteiger partial charge in [-0.2, -0.15) is 0 Å². The lowest BCUT2D eigenvalue weighted by Gasteiger charge is -2.29. The molecule has 28 heavy (non-hydrogen) atoms. The summed E-state index contributed by atoms with van der Waals surface area (Å²) >= 11 is 0. The molecule has 2 bridgehead atoms. The van der Waals surface area contributed by atoms with Gasteiger partial charge >= 0.3 is 6.03 Å². The molecular formula is C21H30N4O3. The van der Waals surface area contributed by atoms with E-state index in [9.17, 15) is 9.59 Å². The van der Waals surface area contributed by atoms with E-state index in [1.165, 1.54) is 0 Å². The number of hydrogen-bond donors (Lipinski definition) is 2. The Morgan fingerprint density at radius 1 is 1.36 bits per heavy atom. The second-order valence-corrected chi connectivity index (χ2v) is 9.47. The first-order valence-corrected chi connectivity index (χ1v) is 10.1. The fourth-order valence-corrected chi connectivity index (χ4v) is 4.99. The largest absolute Gasteiger partial charge is 0.369 e. The summed E-state index contributed by atoms with van der Waals surface area (Å²) in [5, 5.41) is 6.09. The van der Waals surface area contributed by atoms with Crippen LogP contribution >= 0.6 is 0 Å². The lowest BCUT2D eigenvalue weighted by molar-refractivity contribution is 0.00535. The van der Waals surface area contributed by atoms with Crippen LogP contribution in [-0.4, -0.2) is 58.7 Å². The van der Waals surface area contributed by atoms with E-state index in [1.807, 2.05) is 44.7 Å². The van der Waals surface area contributed by atoms with Crippen LogP contribution in [0.25, 0.3) is 0 Å². The number of carbonyl (C=O) groups excluding carboxylic acids is 2. The van der Waals surface area contributed by atoms with E-state index in [1.54, 1.807) is 6.07 Å². The minimum atomic E-state index is -0.264. The maximum Gasteiger partial charge on any atom is 0.317 e. The molecule has 1 aromatic heterocycles. The zero-order valence-electron chi connectivity index (χ0n) is 17.1. The van der Waals surface area contributed by atoms with E-state index < -0.39 is 0 Å². The Labute approximate surface area is 166 Å². The number of hydrogen-bond acceptors (Lipinski definition) is 4. The number of fused-ring (bicyclic) bond motifs is 1. The number of ether oxygens (including phenoxy) is 1. The van der Waals surface area contributed by atoms with Gasteiger partial charge in [0.05, 0.1) is 18.2 Å². The van der Waals surface area contributed by atoms with Crippen LogP contribution in [0, 0.1) is 18.8 Å². The fourth-order valence-electron chi connectivity index (χ4n) is 4.99. The number of carbonyl (C=O) groups is 2. The third-order valence-electron chi connectivity index (χ3n) is 6.17. The third-order valence-corrected chi connectivity index (χ3v) is 6.17. The Bertz CT molecular complexity index is 790. The average Bonchev–Trinajstić information content (AvgIpc) is 3.26. The average molecular weight is 386 g/mol. The third kappa shape index (κ3) is 3.48. The summed E-state index contributed by atoms with van der Waals surface area (Å²) in [6.07, 6.45) is 2.16. The zero-order valence-corrected chi connectivity index (χ0v) is 17.1. The van der Waals surface area contributed by atoms with Gasteiger partial charge < -0.3 is 20.3 Å². The number of nitrogens with one attached hydrogen (secondary N) is 2. The molecule has 3 saturated heterocycles. The van der Waals surface area contributed by atoms with Gasteiger partial charge in [0.1, 0.15) is 5.69 Å². The molecule has 0 saturated carbocycles. The van der Waals surface area contributed by atoms with E-state index in [-0.39, 0.29) is 41.0 Å². The van der Waals surface area contributed by atoms with Gasteiger partial charge in [-0.25, -0.2) is 9.78 Å². The fraction of sp³-hybridized carbons (Fsp3) is 0.667. The normalized spacial score (nSPS) is 31.0. The van der Waals surface area contributed by atoms with Crippen molar-refractivity contribution in [2.45, 2.75) is 57.8 Å². The van der Waals surface area contributed by atoms with Gasteiger partial charge in [0, 0.05) is 36.2 Å². The first-order chi connectivity index (χ1) is 13.2. The highest BCUT2D eigenvalue weighted by Crippen LogP contribution is 2.54. The number of urea groups is 1. The molecule has 0 radical (unpaired) electrons. The van der Waals surface area contributed by atoms with Crippen molar-refractivity contribution in [2.75, 3.05) is 19.6 Å². The Hall–Kier alpha value is -2.15.